The molecule has 1 aromatic carbocycles. The highest BCUT2D eigenvalue weighted by Gasteiger charge is 2.14. The minimum atomic E-state index is 0.395. The van der Waals surface area contributed by atoms with E-state index < -0.39 is 0 Å². The van der Waals surface area contributed by atoms with Gasteiger partial charge in [0.2, 0.25) is 11.7 Å². The second-order valence-corrected chi connectivity index (χ2v) is 5.34. The quantitative estimate of drug-likeness (QED) is 0.532. The minimum absolute atomic E-state index is 0.395. The molecule has 6 nitrogen and oxygen atoms in total. The Hall–Kier alpha value is -3.80. The van der Waals surface area contributed by atoms with Gasteiger partial charge < -0.3 is 9.26 Å². The number of para-hydroxylation sites is 1. The highest BCUT2D eigenvalue weighted by atomic mass is 16.5. The Labute approximate surface area is 149 Å². The molecule has 4 rings (SSSR count). The van der Waals surface area contributed by atoms with Crippen LogP contribution in [0.15, 0.2) is 77.7 Å². The van der Waals surface area contributed by atoms with Crippen LogP contribution < -0.4 is 4.74 Å². The van der Waals surface area contributed by atoms with Gasteiger partial charge in [0.1, 0.15) is 5.75 Å². The fourth-order valence-corrected chi connectivity index (χ4v) is 2.30. The summed E-state index contributed by atoms with van der Waals surface area (Å²) in [5, 5.41) is 4.03. The number of ether oxygens (including phenoxy) is 1. The number of nitrogens with zero attached hydrogens (tertiary/aromatic N) is 4. The summed E-state index contributed by atoms with van der Waals surface area (Å²) in [6, 6.07) is 16.9. The number of hydrogen-bond acceptors (Lipinski definition) is 6. The average Bonchev–Trinajstić information content (AvgIpc) is 3.17. The van der Waals surface area contributed by atoms with Crippen LogP contribution in [-0.2, 0) is 0 Å². The van der Waals surface area contributed by atoms with Crippen LogP contribution in [0.5, 0.6) is 11.6 Å². The molecule has 4 aromatic rings. The topological polar surface area (TPSA) is 73.9 Å². The monoisotopic (exact) mass is 342 g/mol. The predicted octanol–water partition coefficient (Wildman–Crippen LogP) is 4.49. The molecule has 0 bridgehead atoms. The minimum Gasteiger partial charge on any atom is -0.438 e. The molecule has 0 unspecified atom stereocenters. The highest BCUT2D eigenvalue weighted by molar-refractivity contribution is 5.67. The van der Waals surface area contributed by atoms with Crippen molar-refractivity contribution < 1.29 is 9.26 Å². The van der Waals surface area contributed by atoms with Gasteiger partial charge in [-0.1, -0.05) is 23.4 Å². The maximum absolute atomic E-state index is 5.84. The van der Waals surface area contributed by atoms with Gasteiger partial charge in [0.25, 0.3) is 5.89 Å². The van der Waals surface area contributed by atoms with E-state index in [0.29, 0.717) is 28.9 Å². The normalized spacial score (nSPS) is 10.9. The first-order chi connectivity index (χ1) is 12.9. The van der Waals surface area contributed by atoms with E-state index >= 15 is 0 Å². The molecule has 0 aliphatic heterocycles. The van der Waals surface area contributed by atoms with Crippen molar-refractivity contribution in [1.29, 1.82) is 0 Å². The number of benzene rings is 1. The predicted molar refractivity (Wildman–Crippen MR) is 97.2 cm³/mol. The van der Waals surface area contributed by atoms with E-state index in [0.717, 1.165) is 5.56 Å². The van der Waals surface area contributed by atoms with Crippen LogP contribution in [0.3, 0.4) is 0 Å². The summed E-state index contributed by atoms with van der Waals surface area (Å²) in [5.41, 5.74) is 1.65. The second-order valence-electron chi connectivity index (χ2n) is 5.34. The Morgan fingerprint density at radius 3 is 2.54 bits per heavy atom. The molecule has 3 aromatic heterocycles. The molecule has 0 aliphatic rings. The van der Waals surface area contributed by atoms with Crippen molar-refractivity contribution >= 4 is 12.2 Å². The summed E-state index contributed by atoms with van der Waals surface area (Å²) in [7, 11) is 0. The first kappa shape index (κ1) is 15.7. The van der Waals surface area contributed by atoms with Crippen LogP contribution in [0.4, 0.5) is 0 Å². The lowest BCUT2D eigenvalue weighted by Crippen LogP contribution is -1.92. The van der Waals surface area contributed by atoms with E-state index in [2.05, 4.69) is 20.1 Å². The summed E-state index contributed by atoms with van der Waals surface area (Å²) < 4.78 is 11.1. The molecular formula is C20H14N4O2. The van der Waals surface area contributed by atoms with E-state index in [4.69, 9.17) is 9.26 Å². The van der Waals surface area contributed by atoms with Crippen LogP contribution >= 0.6 is 0 Å². The van der Waals surface area contributed by atoms with Crippen LogP contribution in [-0.4, -0.2) is 20.1 Å². The number of pyridine rings is 2. The van der Waals surface area contributed by atoms with Crippen LogP contribution in [0.25, 0.3) is 23.5 Å². The van der Waals surface area contributed by atoms with Crippen LogP contribution in [0.2, 0.25) is 0 Å². The second kappa shape index (κ2) is 7.40. The fourth-order valence-electron chi connectivity index (χ4n) is 2.30. The Balaban J connectivity index is 1.59. The summed E-state index contributed by atoms with van der Waals surface area (Å²) in [4.78, 5) is 12.7. The van der Waals surface area contributed by atoms with Gasteiger partial charge in [-0.15, -0.1) is 0 Å². The SMILES string of the molecule is C(=Cc1nc(-c2cccnc2Oc2ccccc2)no1)c1ccncc1. The van der Waals surface area contributed by atoms with E-state index in [1.54, 1.807) is 30.7 Å². The van der Waals surface area contributed by atoms with Gasteiger partial charge in [-0.2, -0.15) is 4.98 Å². The third-order valence-corrected chi connectivity index (χ3v) is 3.54. The molecule has 0 atom stereocenters. The van der Waals surface area contributed by atoms with E-state index in [-0.39, 0.29) is 0 Å². The third kappa shape index (κ3) is 3.64. The molecule has 26 heavy (non-hydrogen) atoms. The first-order valence-corrected chi connectivity index (χ1v) is 7.98. The van der Waals surface area contributed by atoms with Gasteiger partial charge in [-0.05, 0) is 48.0 Å². The molecule has 0 saturated carbocycles. The molecule has 0 saturated heterocycles. The van der Waals surface area contributed by atoms with Gasteiger partial charge in [-0.25, -0.2) is 4.98 Å². The maximum atomic E-state index is 5.84. The lowest BCUT2D eigenvalue weighted by molar-refractivity contribution is 0.410. The summed E-state index contributed by atoms with van der Waals surface area (Å²) in [5.74, 6) is 1.92. The highest BCUT2D eigenvalue weighted by Crippen LogP contribution is 2.29. The molecule has 0 N–H and O–H groups in total. The number of rotatable bonds is 5. The molecule has 0 radical (unpaired) electrons. The Bertz CT molecular complexity index is 1010. The lowest BCUT2D eigenvalue weighted by atomic mass is 10.2. The molecule has 126 valence electrons. The smallest absolute Gasteiger partial charge is 0.250 e. The molecule has 0 spiro atoms. The van der Waals surface area contributed by atoms with Crippen molar-refractivity contribution in [2.45, 2.75) is 0 Å². The molecule has 0 fully saturated rings. The van der Waals surface area contributed by atoms with Crippen LogP contribution in [0.1, 0.15) is 11.5 Å². The van der Waals surface area contributed by atoms with Gasteiger partial charge in [0, 0.05) is 24.7 Å². The van der Waals surface area contributed by atoms with Crippen molar-refractivity contribution in [2.75, 3.05) is 0 Å². The van der Waals surface area contributed by atoms with Crippen molar-refractivity contribution in [1.82, 2.24) is 20.1 Å². The maximum Gasteiger partial charge on any atom is 0.250 e. The van der Waals surface area contributed by atoms with E-state index in [9.17, 15) is 0 Å². The van der Waals surface area contributed by atoms with Crippen molar-refractivity contribution in [3.63, 3.8) is 0 Å². The molecule has 3 heterocycles. The van der Waals surface area contributed by atoms with Gasteiger partial charge in [-0.3, -0.25) is 4.98 Å². The van der Waals surface area contributed by atoms with Crippen molar-refractivity contribution in [2.24, 2.45) is 0 Å². The zero-order valence-corrected chi connectivity index (χ0v) is 13.7. The number of aromatic nitrogens is 4. The van der Waals surface area contributed by atoms with Crippen LogP contribution in [0, 0.1) is 0 Å². The molecular weight excluding hydrogens is 328 g/mol. The van der Waals surface area contributed by atoms with Gasteiger partial charge in [0.05, 0.1) is 5.56 Å². The largest absolute Gasteiger partial charge is 0.438 e. The van der Waals surface area contributed by atoms with Crippen molar-refractivity contribution in [3.8, 4) is 23.0 Å². The third-order valence-electron chi connectivity index (χ3n) is 3.54. The standard InChI is InChI=1S/C20H14N4O2/c1-2-5-16(6-3-1)25-20-17(7-4-12-22-20)19-23-18(26-24-19)9-8-15-10-13-21-14-11-15/h1-14H. The summed E-state index contributed by atoms with van der Waals surface area (Å²) in [6.45, 7) is 0. The molecule has 0 aliphatic carbocycles. The molecule has 0 amide bonds. The first-order valence-electron chi connectivity index (χ1n) is 7.98. The van der Waals surface area contributed by atoms with Gasteiger partial charge in [0.15, 0.2) is 0 Å². The lowest BCUT2D eigenvalue weighted by Gasteiger charge is -2.06. The van der Waals surface area contributed by atoms with E-state index in [1.807, 2.05) is 54.6 Å². The van der Waals surface area contributed by atoms with E-state index in [1.165, 1.54) is 0 Å². The summed E-state index contributed by atoms with van der Waals surface area (Å²) in [6.07, 6.45) is 8.74. The van der Waals surface area contributed by atoms with Gasteiger partial charge >= 0.3 is 0 Å². The Kier molecular flexibility index (Phi) is 4.47. The summed E-state index contributed by atoms with van der Waals surface area (Å²) >= 11 is 0. The zero-order chi connectivity index (χ0) is 17.6. The Morgan fingerprint density at radius 2 is 1.69 bits per heavy atom. The fraction of sp³-hybridized carbons (Fsp3) is 0. The Morgan fingerprint density at radius 1 is 0.846 bits per heavy atom. The van der Waals surface area contributed by atoms with Crippen molar-refractivity contribution in [3.05, 3.63) is 84.6 Å². The molecule has 6 heteroatoms. The zero-order valence-electron chi connectivity index (χ0n) is 13.7. The number of hydrogen-bond donors (Lipinski definition) is 0. The average molecular weight is 342 g/mol.